The molecule has 0 saturated carbocycles. The van der Waals surface area contributed by atoms with Crippen LogP contribution in [-0.2, 0) is 24.2 Å². The van der Waals surface area contributed by atoms with Crippen LogP contribution in [0.5, 0.6) is 5.75 Å². The number of hydrogen-bond acceptors (Lipinski definition) is 3. The molecule has 176 valence electrons. The number of para-hydroxylation sites is 2. The van der Waals surface area contributed by atoms with Gasteiger partial charge in [-0.2, -0.15) is 0 Å². The lowest BCUT2D eigenvalue weighted by Gasteiger charge is -2.11. The summed E-state index contributed by atoms with van der Waals surface area (Å²) >= 11 is 5.91. The number of aromatic nitrogens is 2. The lowest BCUT2D eigenvalue weighted by atomic mass is 10.1. The minimum Gasteiger partial charge on any atom is -0.494 e. The van der Waals surface area contributed by atoms with Crippen molar-refractivity contribution in [1.82, 2.24) is 14.9 Å². The van der Waals surface area contributed by atoms with Crippen molar-refractivity contribution in [2.45, 2.75) is 39.2 Å². The van der Waals surface area contributed by atoms with E-state index in [1.54, 1.807) is 12.1 Å². The van der Waals surface area contributed by atoms with Crippen molar-refractivity contribution in [3.05, 3.63) is 94.8 Å². The summed E-state index contributed by atoms with van der Waals surface area (Å²) in [5.74, 6) is 1.97. The van der Waals surface area contributed by atoms with Gasteiger partial charge in [-0.15, -0.1) is 0 Å². The monoisotopic (exact) mass is 475 g/mol. The third kappa shape index (κ3) is 6.61. The Morgan fingerprint density at radius 3 is 2.68 bits per heavy atom. The fourth-order valence-corrected chi connectivity index (χ4v) is 4.13. The predicted octanol–water partition coefficient (Wildman–Crippen LogP) is 5.76. The Kier molecular flexibility index (Phi) is 8.21. The predicted molar refractivity (Wildman–Crippen MR) is 138 cm³/mol. The molecule has 6 heteroatoms. The van der Waals surface area contributed by atoms with Gasteiger partial charge in [-0.3, -0.25) is 4.79 Å². The molecule has 0 unspecified atom stereocenters. The second-order valence-electron chi connectivity index (χ2n) is 8.44. The molecule has 0 fully saturated rings. The van der Waals surface area contributed by atoms with E-state index in [4.69, 9.17) is 21.3 Å². The molecule has 34 heavy (non-hydrogen) atoms. The largest absolute Gasteiger partial charge is 0.494 e. The molecule has 1 aromatic heterocycles. The molecular weight excluding hydrogens is 446 g/mol. The minimum absolute atomic E-state index is 0.0177. The summed E-state index contributed by atoms with van der Waals surface area (Å²) in [6, 6.07) is 23.7. The van der Waals surface area contributed by atoms with Crippen LogP contribution in [0.3, 0.4) is 0 Å². The highest BCUT2D eigenvalue weighted by molar-refractivity contribution is 6.30. The van der Waals surface area contributed by atoms with E-state index in [2.05, 4.69) is 35.0 Å². The number of aryl methyl sites for hydroxylation is 3. The van der Waals surface area contributed by atoms with E-state index >= 15 is 0 Å². The summed E-state index contributed by atoms with van der Waals surface area (Å²) in [7, 11) is 0. The van der Waals surface area contributed by atoms with Crippen LogP contribution in [0.15, 0.2) is 72.8 Å². The summed E-state index contributed by atoms with van der Waals surface area (Å²) in [5, 5.41) is 3.69. The SMILES string of the molecule is Cc1cccc(OCCCn2c(CCCNC(=O)Cc3ccc(Cl)cc3)nc3ccccc32)c1. The third-order valence-corrected chi connectivity index (χ3v) is 5.95. The second-order valence-corrected chi connectivity index (χ2v) is 8.88. The van der Waals surface area contributed by atoms with E-state index in [-0.39, 0.29) is 5.91 Å². The standard InChI is InChI=1S/C28H30ClN3O2/c1-21-7-4-8-24(19-21)34-18-6-17-32-26-10-3-2-9-25(26)31-27(32)11-5-16-30-28(33)20-22-12-14-23(29)15-13-22/h2-4,7-10,12-15,19H,5-6,11,16-18,20H2,1H3,(H,30,33). The van der Waals surface area contributed by atoms with Gasteiger partial charge in [-0.25, -0.2) is 4.98 Å². The number of nitrogens with zero attached hydrogens (tertiary/aromatic N) is 2. The molecule has 0 spiro atoms. The number of rotatable bonds is 11. The van der Waals surface area contributed by atoms with Crippen molar-refractivity contribution < 1.29 is 9.53 Å². The molecule has 0 aliphatic heterocycles. The Morgan fingerprint density at radius 2 is 1.85 bits per heavy atom. The molecule has 4 aromatic rings. The van der Waals surface area contributed by atoms with Crippen LogP contribution in [0.4, 0.5) is 0 Å². The Morgan fingerprint density at radius 1 is 1.03 bits per heavy atom. The number of fused-ring (bicyclic) bond motifs is 1. The minimum atomic E-state index is 0.0177. The first-order chi connectivity index (χ1) is 16.6. The van der Waals surface area contributed by atoms with Crippen molar-refractivity contribution in [3.8, 4) is 5.75 Å². The van der Waals surface area contributed by atoms with Gasteiger partial charge in [-0.05, 0) is 67.3 Å². The van der Waals surface area contributed by atoms with Crippen LogP contribution < -0.4 is 10.1 Å². The molecule has 0 atom stereocenters. The number of amides is 1. The molecule has 0 radical (unpaired) electrons. The molecule has 1 heterocycles. The lowest BCUT2D eigenvalue weighted by molar-refractivity contribution is -0.120. The highest BCUT2D eigenvalue weighted by Gasteiger charge is 2.11. The maximum Gasteiger partial charge on any atom is 0.224 e. The summed E-state index contributed by atoms with van der Waals surface area (Å²) < 4.78 is 8.21. The van der Waals surface area contributed by atoms with Crippen LogP contribution in [-0.4, -0.2) is 28.6 Å². The Hall–Kier alpha value is -3.31. The first-order valence-electron chi connectivity index (χ1n) is 11.7. The maximum atomic E-state index is 12.3. The van der Waals surface area contributed by atoms with Crippen LogP contribution in [0.25, 0.3) is 11.0 Å². The van der Waals surface area contributed by atoms with Gasteiger partial charge in [0.1, 0.15) is 11.6 Å². The van der Waals surface area contributed by atoms with Crippen LogP contribution in [0, 0.1) is 6.92 Å². The van der Waals surface area contributed by atoms with E-state index in [1.807, 2.05) is 42.5 Å². The maximum absolute atomic E-state index is 12.3. The fourth-order valence-electron chi connectivity index (χ4n) is 4.01. The first-order valence-corrected chi connectivity index (χ1v) is 12.1. The van der Waals surface area contributed by atoms with Gasteiger partial charge >= 0.3 is 0 Å². The van der Waals surface area contributed by atoms with Crippen molar-refractivity contribution in [2.24, 2.45) is 0 Å². The number of benzene rings is 3. The lowest BCUT2D eigenvalue weighted by Crippen LogP contribution is -2.26. The van der Waals surface area contributed by atoms with Crippen molar-refractivity contribution in [3.63, 3.8) is 0 Å². The van der Waals surface area contributed by atoms with E-state index in [9.17, 15) is 4.79 Å². The molecule has 5 nitrogen and oxygen atoms in total. The number of halogens is 1. The molecule has 1 amide bonds. The highest BCUT2D eigenvalue weighted by atomic mass is 35.5. The van der Waals surface area contributed by atoms with Crippen molar-refractivity contribution in [1.29, 1.82) is 0 Å². The van der Waals surface area contributed by atoms with Gasteiger partial charge in [0.2, 0.25) is 5.91 Å². The van der Waals surface area contributed by atoms with Crippen LogP contribution in [0.1, 0.15) is 29.8 Å². The quantitative estimate of drug-likeness (QED) is 0.281. The van der Waals surface area contributed by atoms with E-state index in [0.717, 1.165) is 54.0 Å². The average molecular weight is 476 g/mol. The highest BCUT2D eigenvalue weighted by Crippen LogP contribution is 2.18. The number of carbonyl (C=O) groups excluding carboxylic acids is 1. The van der Waals surface area contributed by atoms with Gasteiger partial charge in [0.05, 0.1) is 24.1 Å². The molecule has 0 bridgehead atoms. The average Bonchev–Trinajstić information content (AvgIpc) is 3.18. The molecule has 0 aliphatic rings. The van der Waals surface area contributed by atoms with E-state index in [1.165, 1.54) is 5.56 Å². The first kappa shape index (κ1) is 23.8. The molecule has 0 saturated heterocycles. The number of carbonyl (C=O) groups is 1. The zero-order valence-corrected chi connectivity index (χ0v) is 20.2. The fraction of sp³-hybridized carbons (Fsp3) is 0.286. The topological polar surface area (TPSA) is 56.1 Å². The van der Waals surface area contributed by atoms with Crippen LogP contribution in [0.2, 0.25) is 5.02 Å². The van der Waals surface area contributed by atoms with Gasteiger partial charge in [0.25, 0.3) is 0 Å². The van der Waals surface area contributed by atoms with Gasteiger partial charge in [0, 0.05) is 24.5 Å². The third-order valence-electron chi connectivity index (χ3n) is 5.70. The van der Waals surface area contributed by atoms with Gasteiger partial charge < -0.3 is 14.6 Å². The van der Waals surface area contributed by atoms with E-state index in [0.29, 0.717) is 24.6 Å². The Bertz CT molecular complexity index is 1230. The Balaban J connectivity index is 1.29. The van der Waals surface area contributed by atoms with E-state index < -0.39 is 0 Å². The summed E-state index contributed by atoms with van der Waals surface area (Å²) in [6.45, 7) is 4.17. The molecular formula is C28H30ClN3O2. The molecule has 1 N–H and O–H groups in total. The van der Waals surface area contributed by atoms with Crippen molar-refractivity contribution >= 4 is 28.5 Å². The molecule has 4 rings (SSSR count). The molecule has 3 aromatic carbocycles. The number of hydrogen-bond donors (Lipinski definition) is 1. The Labute approximate surface area is 205 Å². The van der Waals surface area contributed by atoms with Gasteiger partial charge in [-0.1, -0.05) is 48.0 Å². The number of nitrogens with one attached hydrogen (secondary N) is 1. The number of ether oxygens (including phenoxy) is 1. The summed E-state index contributed by atoms with van der Waals surface area (Å²) in [6.07, 6.45) is 2.87. The summed E-state index contributed by atoms with van der Waals surface area (Å²) in [5.41, 5.74) is 4.29. The summed E-state index contributed by atoms with van der Waals surface area (Å²) in [4.78, 5) is 17.1. The second kappa shape index (κ2) is 11.7. The molecule has 0 aliphatic carbocycles. The van der Waals surface area contributed by atoms with Crippen molar-refractivity contribution in [2.75, 3.05) is 13.2 Å². The normalized spacial score (nSPS) is 11.0. The number of imidazole rings is 1. The van der Waals surface area contributed by atoms with Crippen LogP contribution >= 0.6 is 11.6 Å². The van der Waals surface area contributed by atoms with Gasteiger partial charge in [0.15, 0.2) is 0 Å². The zero-order valence-electron chi connectivity index (χ0n) is 19.5. The zero-order chi connectivity index (χ0) is 23.8. The smallest absolute Gasteiger partial charge is 0.224 e.